The lowest BCUT2D eigenvalue weighted by atomic mass is 10.1. The average Bonchev–Trinajstić information content (AvgIpc) is 2.66. The van der Waals surface area contributed by atoms with Crippen molar-refractivity contribution in [3.8, 4) is 0 Å². The Balaban J connectivity index is 2.31. The molecule has 0 radical (unpaired) electrons. The summed E-state index contributed by atoms with van der Waals surface area (Å²) < 4.78 is 68.7. The summed E-state index contributed by atoms with van der Waals surface area (Å²) in [7, 11) is -2.88. The summed E-state index contributed by atoms with van der Waals surface area (Å²) in [6.07, 6.45) is -3.88. The van der Waals surface area contributed by atoms with Crippen molar-refractivity contribution in [2.45, 2.75) is 19.1 Å². The first-order chi connectivity index (χ1) is 13.8. The number of rotatable bonds is 6. The van der Waals surface area contributed by atoms with Gasteiger partial charge in [0.2, 0.25) is 15.9 Å². The number of alkyl halides is 3. The quantitative estimate of drug-likeness (QED) is 0.691. The number of nitrogens with zero attached hydrogens (tertiary/aromatic N) is 1. The number of hydrogen-bond donors (Lipinski definition) is 1. The highest BCUT2D eigenvalue weighted by atomic mass is 32.2. The van der Waals surface area contributed by atoms with Crippen molar-refractivity contribution in [3.63, 3.8) is 0 Å². The lowest BCUT2D eigenvalue weighted by Gasteiger charge is -2.28. The molecule has 7 nitrogen and oxygen atoms in total. The molecule has 0 heterocycles. The van der Waals surface area contributed by atoms with E-state index in [1.54, 1.807) is 0 Å². The predicted molar refractivity (Wildman–Crippen MR) is 105 cm³/mol. The Bertz CT molecular complexity index is 1040. The molecule has 0 aliphatic rings. The van der Waals surface area contributed by atoms with Crippen molar-refractivity contribution in [1.82, 2.24) is 0 Å². The van der Waals surface area contributed by atoms with Gasteiger partial charge in [0.15, 0.2) is 0 Å². The van der Waals surface area contributed by atoms with E-state index in [9.17, 15) is 31.2 Å². The van der Waals surface area contributed by atoms with E-state index in [1.807, 2.05) is 0 Å². The second-order valence-electron chi connectivity index (χ2n) is 6.34. The summed E-state index contributed by atoms with van der Waals surface area (Å²) in [5.41, 5.74) is -0.835. The molecule has 0 spiro atoms. The minimum absolute atomic E-state index is 0.241. The Morgan fingerprint density at radius 3 is 2.20 bits per heavy atom. The average molecular weight is 444 g/mol. The van der Waals surface area contributed by atoms with E-state index in [2.05, 4.69) is 10.1 Å². The summed E-state index contributed by atoms with van der Waals surface area (Å²) in [5, 5.41) is 2.47. The molecule has 1 N–H and O–H groups in total. The monoisotopic (exact) mass is 444 g/mol. The number of hydrogen-bond acceptors (Lipinski definition) is 5. The zero-order valence-corrected chi connectivity index (χ0v) is 17.0. The van der Waals surface area contributed by atoms with E-state index in [4.69, 9.17) is 0 Å². The first-order valence-corrected chi connectivity index (χ1v) is 10.4. The van der Waals surface area contributed by atoms with Crippen molar-refractivity contribution >= 4 is 33.3 Å². The number of sulfonamides is 1. The fourth-order valence-corrected chi connectivity index (χ4v) is 3.85. The van der Waals surface area contributed by atoms with Gasteiger partial charge >= 0.3 is 12.1 Å². The minimum atomic E-state index is -4.67. The third-order valence-corrected chi connectivity index (χ3v) is 5.33. The number of nitrogens with one attached hydrogen (secondary N) is 1. The van der Waals surface area contributed by atoms with Gasteiger partial charge in [0.25, 0.3) is 0 Å². The molecule has 0 saturated heterocycles. The predicted octanol–water partition coefficient (Wildman–Crippen LogP) is 3.29. The van der Waals surface area contributed by atoms with Crippen molar-refractivity contribution in [3.05, 3.63) is 59.7 Å². The molecule has 162 valence electrons. The molecule has 0 aliphatic heterocycles. The second kappa shape index (κ2) is 8.74. The smallest absolute Gasteiger partial charge is 0.416 e. The van der Waals surface area contributed by atoms with Crippen LogP contribution in [-0.4, -0.2) is 39.7 Å². The Labute approximate surface area is 171 Å². The van der Waals surface area contributed by atoms with Crippen LogP contribution in [0.2, 0.25) is 0 Å². The molecule has 0 bridgehead atoms. The third-order valence-electron chi connectivity index (χ3n) is 4.09. The highest BCUT2D eigenvalue weighted by Crippen LogP contribution is 2.33. The van der Waals surface area contributed by atoms with E-state index >= 15 is 0 Å². The van der Waals surface area contributed by atoms with Crippen LogP contribution < -0.4 is 9.62 Å². The fraction of sp³-hybridized carbons (Fsp3) is 0.263. The molecule has 0 aromatic heterocycles. The van der Waals surface area contributed by atoms with Gasteiger partial charge in [-0.1, -0.05) is 6.07 Å². The standard InChI is InChI=1S/C19H19F3N2O5S/c1-12(17(25)23-15-9-7-13(8-10-15)18(26)29-2)24(30(3,27)28)16-6-4-5-14(11-16)19(20,21)22/h4-12H,1-3H3,(H,23,25)/t12-/m0/s1. The van der Waals surface area contributed by atoms with Crippen molar-refractivity contribution in [1.29, 1.82) is 0 Å². The van der Waals surface area contributed by atoms with Gasteiger partial charge in [-0.2, -0.15) is 13.2 Å². The van der Waals surface area contributed by atoms with Gasteiger partial charge in [0.05, 0.1) is 30.2 Å². The van der Waals surface area contributed by atoms with Crippen LogP contribution in [0.25, 0.3) is 0 Å². The highest BCUT2D eigenvalue weighted by Gasteiger charge is 2.34. The molecule has 2 aromatic rings. The molecule has 0 aliphatic carbocycles. The van der Waals surface area contributed by atoms with Gasteiger partial charge in [-0.25, -0.2) is 13.2 Å². The number of ether oxygens (including phenoxy) is 1. The number of esters is 1. The molecule has 1 atom stereocenters. The van der Waals surface area contributed by atoms with E-state index in [-0.39, 0.29) is 16.9 Å². The maximum atomic E-state index is 13.0. The van der Waals surface area contributed by atoms with Gasteiger partial charge in [0.1, 0.15) is 6.04 Å². The van der Waals surface area contributed by atoms with Crippen molar-refractivity contribution in [2.24, 2.45) is 0 Å². The lowest BCUT2D eigenvalue weighted by Crippen LogP contribution is -2.45. The first kappa shape index (κ1) is 23.2. The molecule has 0 unspecified atom stereocenters. The highest BCUT2D eigenvalue weighted by molar-refractivity contribution is 7.92. The number of carbonyl (C=O) groups excluding carboxylic acids is 2. The normalized spacial score (nSPS) is 12.7. The van der Waals surface area contributed by atoms with Crippen LogP contribution in [0.5, 0.6) is 0 Å². The molecule has 2 rings (SSSR count). The molecule has 11 heteroatoms. The van der Waals surface area contributed by atoms with Crippen LogP contribution in [0.15, 0.2) is 48.5 Å². The summed E-state index contributed by atoms with van der Waals surface area (Å²) in [6.45, 7) is 1.25. The van der Waals surface area contributed by atoms with Crippen molar-refractivity contribution < 1.29 is 35.9 Å². The zero-order chi connectivity index (χ0) is 22.7. The van der Waals surface area contributed by atoms with Gasteiger partial charge in [0, 0.05) is 5.69 Å². The van der Waals surface area contributed by atoms with Crippen LogP contribution in [-0.2, 0) is 25.7 Å². The van der Waals surface area contributed by atoms with Gasteiger partial charge in [-0.05, 0) is 49.4 Å². The molecule has 30 heavy (non-hydrogen) atoms. The molecule has 0 fully saturated rings. The first-order valence-electron chi connectivity index (χ1n) is 8.50. The van der Waals surface area contributed by atoms with E-state index in [0.29, 0.717) is 10.4 Å². The van der Waals surface area contributed by atoms with E-state index in [1.165, 1.54) is 44.4 Å². The van der Waals surface area contributed by atoms with Gasteiger partial charge in [-0.3, -0.25) is 9.10 Å². The number of halogens is 3. The summed E-state index contributed by atoms with van der Waals surface area (Å²) in [4.78, 5) is 24.0. The van der Waals surface area contributed by atoms with Gasteiger partial charge < -0.3 is 10.1 Å². The number of methoxy groups -OCH3 is 1. The van der Waals surface area contributed by atoms with Crippen molar-refractivity contribution in [2.75, 3.05) is 23.0 Å². The molecule has 1 amide bonds. The number of anilines is 2. The molecular formula is C19H19F3N2O5S. The summed E-state index contributed by atoms with van der Waals surface area (Å²) in [5.74, 6) is -1.35. The maximum absolute atomic E-state index is 13.0. The number of amides is 1. The Morgan fingerprint density at radius 2 is 1.70 bits per heavy atom. The third kappa shape index (κ3) is 5.50. The van der Waals surface area contributed by atoms with Crippen LogP contribution in [0.3, 0.4) is 0 Å². The van der Waals surface area contributed by atoms with Crippen LogP contribution in [0.4, 0.5) is 24.5 Å². The summed E-state index contributed by atoms with van der Waals surface area (Å²) in [6, 6.07) is 7.95. The van der Waals surface area contributed by atoms with E-state index in [0.717, 1.165) is 18.4 Å². The molecular weight excluding hydrogens is 425 g/mol. The SMILES string of the molecule is COC(=O)c1ccc(NC(=O)[C@H](C)N(c2cccc(C(F)(F)F)c2)S(C)(=O)=O)cc1. The fourth-order valence-electron chi connectivity index (χ4n) is 2.68. The zero-order valence-electron chi connectivity index (χ0n) is 16.2. The van der Waals surface area contributed by atoms with Crippen LogP contribution >= 0.6 is 0 Å². The molecule has 2 aromatic carbocycles. The molecule has 0 saturated carbocycles. The second-order valence-corrected chi connectivity index (χ2v) is 8.20. The lowest BCUT2D eigenvalue weighted by molar-refractivity contribution is -0.137. The van der Waals surface area contributed by atoms with E-state index < -0.39 is 39.7 Å². The maximum Gasteiger partial charge on any atom is 0.416 e. The summed E-state index contributed by atoms with van der Waals surface area (Å²) >= 11 is 0. The topological polar surface area (TPSA) is 92.8 Å². The Hall–Kier alpha value is -3.08. The van der Waals surface area contributed by atoms with Crippen LogP contribution in [0.1, 0.15) is 22.8 Å². The number of benzene rings is 2. The van der Waals surface area contributed by atoms with Gasteiger partial charge in [-0.15, -0.1) is 0 Å². The Morgan fingerprint density at radius 1 is 1.10 bits per heavy atom. The largest absolute Gasteiger partial charge is 0.465 e. The number of carbonyl (C=O) groups is 2. The Kier molecular flexibility index (Phi) is 6.76. The van der Waals surface area contributed by atoms with Crippen LogP contribution in [0, 0.1) is 0 Å². The minimum Gasteiger partial charge on any atom is -0.465 e.